The van der Waals surface area contributed by atoms with Gasteiger partial charge in [0, 0.05) is 18.2 Å². The van der Waals surface area contributed by atoms with Crippen LogP contribution >= 0.6 is 0 Å². The van der Waals surface area contributed by atoms with Crippen molar-refractivity contribution in [2.75, 3.05) is 11.9 Å². The molecule has 0 saturated heterocycles. The topological polar surface area (TPSA) is 71.4 Å². The van der Waals surface area contributed by atoms with Crippen LogP contribution in [0, 0.1) is 11.3 Å². The van der Waals surface area contributed by atoms with Gasteiger partial charge >= 0.3 is 5.97 Å². The molecule has 150 valence electrons. The quantitative estimate of drug-likeness (QED) is 0.469. The van der Waals surface area contributed by atoms with Gasteiger partial charge in [-0.25, -0.2) is 4.79 Å². The zero-order valence-corrected chi connectivity index (χ0v) is 17.1. The number of esters is 1. The summed E-state index contributed by atoms with van der Waals surface area (Å²) in [5.74, 6) is -0.171. The van der Waals surface area contributed by atoms with E-state index in [-0.39, 0.29) is 18.2 Å². The lowest BCUT2D eigenvalue weighted by Crippen LogP contribution is -2.34. The Morgan fingerprint density at radius 1 is 1.07 bits per heavy atom. The maximum Gasteiger partial charge on any atom is 0.352 e. The average Bonchev–Trinajstić information content (AvgIpc) is 2.67. The molecule has 0 unspecified atom stereocenters. The Morgan fingerprint density at radius 2 is 1.71 bits per heavy atom. The highest BCUT2D eigenvalue weighted by molar-refractivity contribution is 6.36. The summed E-state index contributed by atoms with van der Waals surface area (Å²) in [5.41, 5.74) is 1.57. The normalized spacial score (nSPS) is 12.1. The van der Waals surface area contributed by atoms with Crippen molar-refractivity contribution in [2.45, 2.75) is 46.3 Å². The molecule has 0 bridgehead atoms. The van der Waals surface area contributed by atoms with Gasteiger partial charge in [-0.2, -0.15) is 0 Å². The van der Waals surface area contributed by atoms with Crippen LogP contribution in [0.1, 0.15) is 39.7 Å². The summed E-state index contributed by atoms with van der Waals surface area (Å²) in [6, 6.07) is 17.9. The van der Waals surface area contributed by atoms with Crippen LogP contribution in [0.5, 0.6) is 5.75 Å². The van der Waals surface area contributed by atoms with E-state index in [1.165, 1.54) is 5.56 Å². The fraction of sp³-hybridized carbons (Fsp3) is 0.391. The lowest BCUT2D eigenvalue weighted by molar-refractivity contribution is -0.146. The molecule has 0 aliphatic carbocycles. The molecule has 0 saturated carbocycles. The predicted molar refractivity (Wildman–Crippen MR) is 113 cm³/mol. The fourth-order valence-electron chi connectivity index (χ4n) is 2.57. The summed E-state index contributed by atoms with van der Waals surface area (Å²) in [6.45, 7) is 8.34. The van der Waals surface area contributed by atoms with Crippen LogP contribution in [-0.4, -0.2) is 23.9 Å². The molecule has 28 heavy (non-hydrogen) atoms. The minimum absolute atomic E-state index is 0.0430. The molecule has 2 N–H and O–H groups in total. The summed E-state index contributed by atoms with van der Waals surface area (Å²) in [4.78, 5) is 12.1. The summed E-state index contributed by atoms with van der Waals surface area (Å²) in [5, 5.41) is 11.5. The second-order valence-corrected chi connectivity index (χ2v) is 7.70. The first-order valence-electron chi connectivity index (χ1n) is 9.61. The number of ether oxygens (including phenoxy) is 2. The van der Waals surface area contributed by atoms with Gasteiger partial charge in [-0.1, -0.05) is 37.3 Å². The molecule has 0 aliphatic rings. The van der Waals surface area contributed by atoms with Crippen molar-refractivity contribution in [3.8, 4) is 5.75 Å². The van der Waals surface area contributed by atoms with Crippen molar-refractivity contribution >= 4 is 17.4 Å². The molecule has 5 nitrogen and oxygen atoms in total. The van der Waals surface area contributed by atoms with Gasteiger partial charge in [0.05, 0.1) is 6.61 Å². The Balaban J connectivity index is 1.85. The van der Waals surface area contributed by atoms with Crippen molar-refractivity contribution in [2.24, 2.45) is 5.92 Å². The third-order valence-electron chi connectivity index (χ3n) is 4.16. The minimum Gasteiger partial charge on any atom is -0.493 e. The van der Waals surface area contributed by atoms with E-state index < -0.39 is 11.6 Å². The van der Waals surface area contributed by atoms with E-state index in [4.69, 9.17) is 14.9 Å². The summed E-state index contributed by atoms with van der Waals surface area (Å²) >= 11 is 0. The molecular formula is C23H30N2O3. The molecule has 2 rings (SSSR count). The Kier molecular flexibility index (Phi) is 7.61. The van der Waals surface area contributed by atoms with E-state index in [1.54, 1.807) is 20.8 Å². The predicted octanol–water partition coefficient (Wildman–Crippen LogP) is 5.07. The lowest BCUT2D eigenvalue weighted by Gasteiger charge is -2.22. The Labute approximate surface area is 167 Å². The van der Waals surface area contributed by atoms with E-state index in [0.717, 1.165) is 12.2 Å². The van der Waals surface area contributed by atoms with Crippen LogP contribution in [0.3, 0.4) is 0 Å². The van der Waals surface area contributed by atoms with Gasteiger partial charge in [0.2, 0.25) is 0 Å². The first-order chi connectivity index (χ1) is 13.3. The van der Waals surface area contributed by atoms with Crippen molar-refractivity contribution in [3.63, 3.8) is 0 Å². The van der Waals surface area contributed by atoms with Gasteiger partial charge in [-0.3, -0.25) is 5.41 Å². The Morgan fingerprint density at radius 3 is 2.29 bits per heavy atom. The molecular weight excluding hydrogens is 352 g/mol. The molecule has 0 spiro atoms. The van der Waals surface area contributed by atoms with Crippen LogP contribution in [0.2, 0.25) is 0 Å². The molecule has 2 aromatic carbocycles. The zero-order valence-electron chi connectivity index (χ0n) is 17.1. The lowest BCUT2D eigenvalue weighted by atomic mass is 10.0. The fourth-order valence-corrected chi connectivity index (χ4v) is 2.57. The number of hydrogen-bond acceptors (Lipinski definition) is 5. The van der Waals surface area contributed by atoms with Gasteiger partial charge in [0.1, 0.15) is 17.1 Å². The SMILES string of the molecule is CC[C@@H](COc1ccc(NCc2ccccc2)cc1)C(=N)C(=O)OC(C)(C)C. The largest absolute Gasteiger partial charge is 0.493 e. The molecule has 0 radical (unpaired) electrons. The van der Waals surface area contributed by atoms with Crippen molar-refractivity contribution in [1.29, 1.82) is 5.41 Å². The number of rotatable bonds is 9. The van der Waals surface area contributed by atoms with Crippen LogP contribution < -0.4 is 10.1 Å². The van der Waals surface area contributed by atoms with Crippen molar-refractivity contribution < 1.29 is 14.3 Å². The average molecular weight is 383 g/mol. The number of hydrogen-bond donors (Lipinski definition) is 2. The third-order valence-corrected chi connectivity index (χ3v) is 4.16. The van der Waals surface area contributed by atoms with Crippen LogP contribution in [0.25, 0.3) is 0 Å². The van der Waals surface area contributed by atoms with Gasteiger partial charge in [0.15, 0.2) is 0 Å². The number of anilines is 1. The standard InChI is InChI=1S/C23H30N2O3/c1-5-18(21(24)22(26)28-23(2,3)4)16-27-20-13-11-19(12-14-20)25-15-17-9-7-6-8-10-17/h6-14,18,24-25H,5,15-16H2,1-4H3/t18-/m0/s1. The first kappa shape index (κ1) is 21.5. The van der Waals surface area contributed by atoms with E-state index >= 15 is 0 Å². The van der Waals surface area contributed by atoms with Gasteiger partial charge < -0.3 is 14.8 Å². The minimum atomic E-state index is -0.606. The summed E-state index contributed by atoms with van der Waals surface area (Å²) in [6.07, 6.45) is 0.634. The zero-order chi connectivity index (χ0) is 20.6. The summed E-state index contributed by atoms with van der Waals surface area (Å²) in [7, 11) is 0. The Bertz CT molecular complexity index is 765. The smallest absolute Gasteiger partial charge is 0.352 e. The van der Waals surface area contributed by atoms with Gasteiger partial charge in [0.25, 0.3) is 0 Å². The van der Waals surface area contributed by atoms with Crippen LogP contribution in [0.4, 0.5) is 5.69 Å². The monoisotopic (exact) mass is 382 g/mol. The highest BCUT2D eigenvalue weighted by Crippen LogP contribution is 2.19. The molecule has 0 aliphatic heterocycles. The number of carbonyl (C=O) groups excluding carboxylic acids is 1. The highest BCUT2D eigenvalue weighted by atomic mass is 16.6. The van der Waals surface area contributed by atoms with E-state index in [2.05, 4.69) is 17.4 Å². The second-order valence-electron chi connectivity index (χ2n) is 7.70. The van der Waals surface area contributed by atoms with Gasteiger partial charge in [-0.05, 0) is 57.0 Å². The molecule has 1 atom stereocenters. The van der Waals surface area contributed by atoms with Crippen molar-refractivity contribution in [3.05, 3.63) is 60.2 Å². The van der Waals surface area contributed by atoms with Gasteiger partial charge in [-0.15, -0.1) is 0 Å². The number of benzene rings is 2. The maximum absolute atomic E-state index is 12.1. The third kappa shape index (κ3) is 7.06. The molecule has 0 aromatic heterocycles. The Hall–Kier alpha value is -2.82. The molecule has 0 heterocycles. The molecule has 5 heteroatoms. The first-order valence-corrected chi connectivity index (χ1v) is 9.61. The molecule has 0 fully saturated rings. The van der Waals surface area contributed by atoms with E-state index in [9.17, 15) is 4.79 Å². The molecule has 0 amide bonds. The van der Waals surface area contributed by atoms with Crippen LogP contribution in [0.15, 0.2) is 54.6 Å². The summed E-state index contributed by atoms with van der Waals surface area (Å²) < 4.78 is 11.1. The van der Waals surface area contributed by atoms with Crippen LogP contribution in [-0.2, 0) is 16.1 Å². The number of nitrogens with one attached hydrogen (secondary N) is 2. The molecule has 2 aromatic rings. The number of carbonyl (C=O) groups is 1. The second kappa shape index (κ2) is 9.93. The van der Waals surface area contributed by atoms with Crippen molar-refractivity contribution in [1.82, 2.24) is 0 Å². The van der Waals surface area contributed by atoms with E-state index in [1.807, 2.05) is 49.4 Å². The highest BCUT2D eigenvalue weighted by Gasteiger charge is 2.26. The van der Waals surface area contributed by atoms with E-state index in [0.29, 0.717) is 12.2 Å². The maximum atomic E-state index is 12.1.